The van der Waals surface area contributed by atoms with Gasteiger partial charge in [-0.25, -0.2) is 0 Å². The molecule has 0 fully saturated rings. The van der Waals surface area contributed by atoms with E-state index in [1.54, 1.807) is 0 Å². The fraction of sp³-hybridized carbons (Fsp3) is 0.200. The summed E-state index contributed by atoms with van der Waals surface area (Å²) in [5, 5.41) is 4.73. The first-order chi connectivity index (χ1) is 9.25. The summed E-state index contributed by atoms with van der Waals surface area (Å²) < 4.78 is 5.60. The van der Waals surface area contributed by atoms with Crippen LogP contribution in [0.2, 0.25) is 10.0 Å². The summed E-state index contributed by atoms with van der Waals surface area (Å²) in [6.07, 6.45) is 0.897. The van der Waals surface area contributed by atoms with Crippen LogP contribution in [0.5, 0.6) is 5.75 Å². The predicted molar refractivity (Wildman–Crippen MR) is 81.5 cm³/mol. The van der Waals surface area contributed by atoms with Crippen LogP contribution in [-0.2, 0) is 0 Å². The van der Waals surface area contributed by atoms with Gasteiger partial charge in [0.15, 0.2) is 0 Å². The fourth-order valence-corrected chi connectivity index (χ4v) is 1.95. The van der Waals surface area contributed by atoms with Gasteiger partial charge in [-0.15, -0.1) is 0 Å². The molecule has 0 aliphatic rings. The molecule has 0 spiro atoms. The van der Waals surface area contributed by atoms with Crippen LogP contribution in [0.4, 0.5) is 5.69 Å². The molecule has 0 aliphatic carbocycles. The molecule has 2 nitrogen and oxygen atoms in total. The molecule has 2 aromatic carbocycles. The van der Waals surface area contributed by atoms with Gasteiger partial charge < -0.3 is 10.1 Å². The molecule has 0 unspecified atom stereocenters. The van der Waals surface area contributed by atoms with Crippen molar-refractivity contribution in [1.29, 1.82) is 0 Å². The summed E-state index contributed by atoms with van der Waals surface area (Å²) in [4.78, 5) is 0. The van der Waals surface area contributed by atoms with Crippen LogP contribution in [0.25, 0.3) is 0 Å². The van der Waals surface area contributed by atoms with E-state index in [4.69, 9.17) is 27.9 Å². The number of ether oxygens (including phenoxy) is 1. The van der Waals surface area contributed by atoms with E-state index < -0.39 is 0 Å². The van der Waals surface area contributed by atoms with Crippen molar-refractivity contribution in [3.63, 3.8) is 0 Å². The Kier molecular flexibility index (Phi) is 5.37. The average Bonchev–Trinajstić information content (AvgIpc) is 2.42. The Morgan fingerprint density at radius 2 is 1.68 bits per heavy atom. The van der Waals surface area contributed by atoms with Crippen LogP contribution in [0.3, 0.4) is 0 Å². The van der Waals surface area contributed by atoms with Crippen molar-refractivity contribution in [2.75, 3.05) is 18.5 Å². The summed E-state index contributed by atoms with van der Waals surface area (Å²) in [6.45, 7) is 1.47. The number of rotatable bonds is 6. The third-order valence-corrected chi connectivity index (χ3v) is 3.17. The van der Waals surface area contributed by atoms with Gasteiger partial charge in [-0.1, -0.05) is 35.3 Å². The van der Waals surface area contributed by atoms with Gasteiger partial charge in [-0.2, -0.15) is 0 Å². The molecule has 0 bridgehead atoms. The van der Waals surface area contributed by atoms with Gasteiger partial charge in [0.25, 0.3) is 0 Å². The summed E-state index contributed by atoms with van der Waals surface area (Å²) in [7, 11) is 0. The van der Waals surface area contributed by atoms with E-state index in [-0.39, 0.29) is 0 Å². The van der Waals surface area contributed by atoms with Gasteiger partial charge in [0.2, 0.25) is 0 Å². The quantitative estimate of drug-likeness (QED) is 0.767. The number of anilines is 1. The van der Waals surface area contributed by atoms with Crippen LogP contribution in [0, 0.1) is 0 Å². The zero-order valence-electron chi connectivity index (χ0n) is 10.4. The Morgan fingerprint density at radius 3 is 2.42 bits per heavy atom. The lowest BCUT2D eigenvalue weighted by Crippen LogP contribution is -2.07. The maximum absolute atomic E-state index is 6.04. The van der Waals surface area contributed by atoms with Crippen LogP contribution in [0.15, 0.2) is 48.5 Å². The SMILES string of the molecule is Clc1ccc(OCCCNc2ccccc2Cl)cc1. The second-order valence-electron chi connectivity index (χ2n) is 4.06. The minimum Gasteiger partial charge on any atom is -0.494 e. The maximum atomic E-state index is 6.04. The van der Waals surface area contributed by atoms with E-state index >= 15 is 0 Å². The Hall–Kier alpha value is -1.38. The number of benzene rings is 2. The first kappa shape index (κ1) is 14.0. The molecule has 0 atom stereocenters. The molecule has 0 radical (unpaired) electrons. The highest BCUT2D eigenvalue weighted by Crippen LogP contribution is 2.20. The number of hydrogen-bond donors (Lipinski definition) is 1. The van der Waals surface area contributed by atoms with E-state index in [2.05, 4.69) is 5.32 Å². The molecule has 0 saturated heterocycles. The Balaban J connectivity index is 1.67. The number of halogens is 2. The van der Waals surface area contributed by atoms with Crippen LogP contribution >= 0.6 is 23.2 Å². The molecule has 1 N–H and O–H groups in total. The lowest BCUT2D eigenvalue weighted by atomic mass is 10.3. The molecular formula is C15H15Cl2NO. The van der Waals surface area contributed by atoms with E-state index in [9.17, 15) is 0 Å². The highest BCUT2D eigenvalue weighted by molar-refractivity contribution is 6.33. The maximum Gasteiger partial charge on any atom is 0.119 e. The highest BCUT2D eigenvalue weighted by atomic mass is 35.5. The van der Waals surface area contributed by atoms with Crippen LogP contribution in [0.1, 0.15) is 6.42 Å². The molecule has 0 aliphatic heterocycles. The minimum atomic E-state index is 0.652. The molecule has 0 amide bonds. The van der Waals surface area contributed by atoms with Gasteiger partial charge in [0, 0.05) is 11.6 Å². The lowest BCUT2D eigenvalue weighted by Gasteiger charge is -2.09. The zero-order valence-corrected chi connectivity index (χ0v) is 11.9. The van der Waals surface area contributed by atoms with Crippen LogP contribution < -0.4 is 10.1 Å². The van der Waals surface area contributed by atoms with Crippen molar-refractivity contribution in [2.24, 2.45) is 0 Å². The number of nitrogens with one attached hydrogen (secondary N) is 1. The Morgan fingerprint density at radius 1 is 0.947 bits per heavy atom. The minimum absolute atomic E-state index is 0.652. The third kappa shape index (κ3) is 4.66. The van der Waals surface area contributed by atoms with Gasteiger partial charge in [-0.3, -0.25) is 0 Å². The molecule has 0 heterocycles. The second-order valence-corrected chi connectivity index (χ2v) is 4.91. The topological polar surface area (TPSA) is 21.3 Å². The molecule has 2 rings (SSSR count). The number of para-hydroxylation sites is 1. The molecule has 2 aromatic rings. The standard InChI is InChI=1S/C15H15Cl2NO/c16-12-6-8-13(9-7-12)19-11-3-10-18-15-5-2-1-4-14(15)17/h1-2,4-9,18H,3,10-11H2. The van der Waals surface area contributed by atoms with Crippen molar-refractivity contribution in [1.82, 2.24) is 0 Å². The largest absolute Gasteiger partial charge is 0.494 e. The van der Waals surface area contributed by atoms with Gasteiger partial charge in [-0.05, 0) is 42.8 Å². The summed E-state index contributed by atoms with van der Waals surface area (Å²) >= 11 is 11.8. The van der Waals surface area contributed by atoms with Crippen LogP contribution in [-0.4, -0.2) is 13.2 Å². The average molecular weight is 296 g/mol. The fourth-order valence-electron chi connectivity index (χ4n) is 1.62. The molecular weight excluding hydrogens is 281 g/mol. The van der Waals surface area contributed by atoms with E-state index in [0.29, 0.717) is 11.6 Å². The van der Waals surface area contributed by atoms with Gasteiger partial charge in [0.1, 0.15) is 5.75 Å². The van der Waals surface area contributed by atoms with E-state index in [0.717, 1.165) is 29.4 Å². The summed E-state index contributed by atoms with van der Waals surface area (Å²) in [6, 6.07) is 15.1. The van der Waals surface area contributed by atoms with Gasteiger partial charge in [0.05, 0.1) is 17.3 Å². The third-order valence-electron chi connectivity index (χ3n) is 2.59. The predicted octanol–water partition coefficient (Wildman–Crippen LogP) is 4.87. The monoisotopic (exact) mass is 295 g/mol. The Labute approximate surface area is 123 Å². The smallest absolute Gasteiger partial charge is 0.119 e. The number of hydrogen-bond acceptors (Lipinski definition) is 2. The normalized spacial score (nSPS) is 10.2. The summed E-state index contributed by atoms with van der Waals surface area (Å²) in [5.41, 5.74) is 0.954. The first-order valence-corrected chi connectivity index (χ1v) is 6.88. The molecule has 19 heavy (non-hydrogen) atoms. The molecule has 0 aromatic heterocycles. The second kappa shape index (κ2) is 7.27. The molecule has 4 heteroatoms. The highest BCUT2D eigenvalue weighted by Gasteiger charge is 1.97. The van der Waals surface area contributed by atoms with Crippen molar-refractivity contribution in [3.8, 4) is 5.75 Å². The van der Waals surface area contributed by atoms with E-state index in [1.807, 2.05) is 48.5 Å². The van der Waals surface area contributed by atoms with Crippen molar-refractivity contribution >= 4 is 28.9 Å². The zero-order chi connectivity index (χ0) is 13.5. The van der Waals surface area contributed by atoms with Crippen molar-refractivity contribution in [2.45, 2.75) is 6.42 Å². The van der Waals surface area contributed by atoms with Crippen molar-refractivity contribution in [3.05, 3.63) is 58.6 Å². The molecule has 0 saturated carbocycles. The van der Waals surface area contributed by atoms with E-state index in [1.165, 1.54) is 0 Å². The lowest BCUT2D eigenvalue weighted by molar-refractivity contribution is 0.315. The Bertz CT molecular complexity index is 514. The summed E-state index contributed by atoms with van der Waals surface area (Å²) in [5.74, 6) is 0.835. The van der Waals surface area contributed by atoms with Crippen molar-refractivity contribution < 1.29 is 4.74 Å². The van der Waals surface area contributed by atoms with Gasteiger partial charge >= 0.3 is 0 Å². The molecule has 100 valence electrons. The first-order valence-electron chi connectivity index (χ1n) is 6.12.